The molecule has 0 saturated heterocycles. The number of amides is 1. The zero-order valence-electron chi connectivity index (χ0n) is 9.05. The SMILES string of the molecule is CN(C(=O)O)c1cccc2c1C1C=CC2C1. The first kappa shape index (κ1) is 9.46. The third-order valence-electron chi connectivity index (χ3n) is 3.62. The van der Waals surface area contributed by atoms with Crippen LogP contribution in [0.5, 0.6) is 0 Å². The molecular weight excluding hydrogens is 202 g/mol. The minimum Gasteiger partial charge on any atom is -0.465 e. The van der Waals surface area contributed by atoms with Crippen LogP contribution in [-0.2, 0) is 0 Å². The van der Waals surface area contributed by atoms with E-state index in [0.717, 1.165) is 12.1 Å². The molecule has 3 heteroatoms. The zero-order valence-corrected chi connectivity index (χ0v) is 9.05. The monoisotopic (exact) mass is 215 g/mol. The van der Waals surface area contributed by atoms with Crippen LogP contribution in [-0.4, -0.2) is 18.2 Å². The predicted molar refractivity (Wildman–Crippen MR) is 62.1 cm³/mol. The Hall–Kier alpha value is -1.77. The van der Waals surface area contributed by atoms with Crippen LogP contribution < -0.4 is 4.90 Å². The van der Waals surface area contributed by atoms with Gasteiger partial charge >= 0.3 is 6.09 Å². The fraction of sp³-hybridized carbons (Fsp3) is 0.308. The van der Waals surface area contributed by atoms with Gasteiger partial charge in [0.25, 0.3) is 0 Å². The van der Waals surface area contributed by atoms with Gasteiger partial charge in [-0.2, -0.15) is 0 Å². The fourth-order valence-corrected chi connectivity index (χ4v) is 2.84. The van der Waals surface area contributed by atoms with Crippen LogP contribution in [0.15, 0.2) is 30.4 Å². The number of benzene rings is 1. The molecule has 0 heterocycles. The summed E-state index contributed by atoms with van der Waals surface area (Å²) in [5.41, 5.74) is 3.35. The molecule has 1 aromatic rings. The molecule has 3 rings (SSSR count). The molecule has 2 aliphatic carbocycles. The predicted octanol–water partition coefficient (Wildman–Crippen LogP) is 2.94. The molecule has 0 fully saturated rings. The first-order valence-electron chi connectivity index (χ1n) is 5.46. The van der Waals surface area contributed by atoms with Crippen LogP contribution in [0, 0.1) is 0 Å². The smallest absolute Gasteiger partial charge is 0.411 e. The highest BCUT2D eigenvalue weighted by Crippen LogP contribution is 2.51. The van der Waals surface area contributed by atoms with Gasteiger partial charge in [0.05, 0.1) is 5.69 Å². The second-order valence-corrected chi connectivity index (χ2v) is 4.46. The van der Waals surface area contributed by atoms with E-state index in [-0.39, 0.29) is 0 Å². The number of rotatable bonds is 1. The lowest BCUT2D eigenvalue weighted by Gasteiger charge is -2.21. The molecule has 2 aliphatic rings. The summed E-state index contributed by atoms with van der Waals surface area (Å²) < 4.78 is 0. The van der Waals surface area contributed by atoms with Crippen molar-refractivity contribution in [3.63, 3.8) is 0 Å². The molecule has 2 atom stereocenters. The number of carboxylic acid groups (broad SMARTS) is 1. The molecule has 82 valence electrons. The van der Waals surface area contributed by atoms with Crippen molar-refractivity contribution in [1.82, 2.24) is 0 Å². The number of fused-ring (bicyclic) bond motifs is 5. The van der Waals surface area contributed by atoms with E-state index >= 15 is 0 Å². The van der Waals surface area contributed by atoms with E-state index in [9.17, 15) is 4.79 Å². The molecule has 16 heavy (non-hydrogen) atoms. The number of carbonyl (C=O) groups is 1. The van der Waals surface area contributed by atoms with Crippen LogP contribution >= 0.6 is 0 Å². The number of allylic oxidation sites excluding steroid dienone is 2. The van der Waals surface area contributed by atoms with E-state index in [1.807, 2.05) is 12.1 Å². The number of hydrogen-bond donors (Lipinski definition) is 1. The van der Waals surface area contributed by atoms with Gasteiger partial charge in [-0.15, -0.1) is 0 Å². The molecule has 1 N–H and O–H groups in total. The van der Waals surface area contributed by atoms with Gasteiger partial charge in [0.15, 0.2) is 0 Å². The van der Waals surface area contributed by atoms with Crippen LogP contribution in [0.25, 0.3) is 0 Å². The molecule has 3 nitrogen and oxygen atoms in total. The molecule has 0 radical (unpaired) electrons. The zero-order chi connectivity index (χ0) is 11.3. The van der Waals surface area contributed by atoms with Crippen molar-refractivity contribution >= 4 is 11.8 Å². The van der Waals surface area contributed by atoms with Crippen LogP contribution in [0.4, 0.5) is 10.5 Å². The second kappa shape index (κ2) is 3.11. The van der Waals surface area contributed by atoms with Gasteiger partial charge in [0.2, 0.25) is 0 Å². The summed E-state index contributed by atoms with van der Waals surface area (Å²) >= 11 is 0. The van der Waals surface area contributed by atoms with Crippen molar-refractivity contribution in [2.24, 2.45) is 0 Å². The van der Waals surface area contributed by atoms with Gasteiger partial charge in [-0.1, -0.05) is 24.3 Å². The van der Waals surface area contributed by atoms with E-state index < -0.39 is 6.09 Å². The Balaban J connectivity index is 2.14. The lowest BCUT2D eigenvalue weighted by molar-refractivity contribution is 0.203. The van der Waals surface area contributed by atoms with E-state index in [2.05, 4.69) is 18.2 Å². The summed E-state index contributed by atoms with van der Waals surface area (Å²) in [5, 5.41) is 9.04. The average Bonchev–Trinajstić information content (AvgIpc) is 2.88. The lowest BCUT2D eigenvalue weighted by atomic mass is 9.95. The molecule has 0 aromatic heterocycles. The third-order valence-corrected chi connectivity index (χ3v) is 3.62. The molecule has 1 amide bonds. The van der Waals surface area contributed by atoms with Crippen molar-refractivity contribution in [2.75, 3.05) is 11.9 Å². The minimum atomic E-state index is -0.903. The maximum atomic E-state index is 11.0. The first-order chi connectivity index (χ1) is 7.68. The van der Waals surface area contributed by atoms with Gasteiger partial charge in [-0.05, 0) is 23.6 Å². The Kier molecular flexibility index (Phi) is 1.84. The van der Waals surface area contributed by atoms with Crippen molar-refractivity contribution in [3.8, 4) is 0 Å². The van der Waals surface area contributed by atoms with Crippen LogP contribution in [0.2, 0.25) is 0 Å². The largest absolute Gasteiger partial charge is 0.465 e. The number of nitrogens with zero attached hydrogens (tertiary/aromatic N) is 1. The van der Waals surface area contributed by atoms with Gasteiger partial charge in [0.1, 0.15) is 0 Å². The number of anilines is 1. The minimum absolute atomic E-state index is 0.415. The fourth-order valence-electron chi connectivity index (χ4n) is 2.84. The molecule has 1 aromatic carbocycles. The summed E-state index contributed by atoms with van der Waals surface area (Å²) in [6.45, 7) is 0. The average molecular weight is 215 g/mol. The van der Waals surface area contributed by atoms with Crippen molar-refractivity contribution in [3.05, 3.63) is 41.5 Å². The Bertz CT molecular complexity index is 493. The third kappa shape index (κ3) is 1.11. The Morgan fingerprint density at radius 2 is 2.12 bits per heavy atom. The first-order valence-corrected chi connectivity index (χ1v) is 5.46. The molecule has 0 spiro atoms. The Morgan fingerprint density at radius 3 is 2.88 bits per heavy atom. The highest BCUT2D eigenvalue weighted by atomic mass is 16.4. The van der Waals surface area contributed by atoms with Crippen molar-refractivity contribution in [2.45, 2.75) is 18.3 Å². The molecule has 0 saturated carbocycles. The summed E-state index contributed by atoms with van der Waals surface area (Å²) in [4.78, 5) is 12.3. The molecular formula is C13H13NO2. The second-order valence-electron chi connectivity index (χ2n) is 4.46. The van der Waals surface area contributed by atoms with Gasteiger partial charge in [0, 0.05) is 18.9 Å². The van der Waals surface area contributed by atoms with Gasteiger partial charge in [-0.3, -0.25) is 4.90 Å². The van der Waals surface area contributed by atoms with Gasteiger partial charge in [-0.25, -0.2) is 4.79 Å². The maximum Gasteiger partial charge on any atom is 0.411 e. The van der Waals surface area contributed by atoms with E-state index in [1.165, 1.54) is 16.0 Å². The van der Waals surface area contributed by atoms with Crippen molar-refractivity contribution in [1.29, 1.82) is 0 Å². The summed E-state index contributed by atoms with van der Waals surface area (Å²) in [7, 11) is 1.60. The quantitative estimate of drug-likeness (QED) is 0.732. The van der Waals surface area contributed by atoms with E-state index in [4.69, 9.17) is 5.11 Å². The molecule has 2 bridgehead atoms. The summed E-state index contributed by atoms with van der Waals surface area (Å²) in [5.74, 6) is 0.917. The maximum absolute atomic E-state index is 11.0. The highest BCUT2D eigenvalue weighted by Gasteiger charge is 2.35. The molecule has 2 unspecified atom stereocenters. The lowest BCUT2D eigenvalue weighted by Crippen LogP contribution is -2.25. The summed E-state index contributed by atoms with van der Waals surface area (Å²) in [6, 6.07) is 5.95. The normalized spacial score (nSPS) is 24.6. The van der Waals surface area contributed by atoms with E-state index in [1.54, 1.807) is 7.05 Å². The van der Waals surface area contributed by atoms with Crippen LogP contribution in [0.1, 0.15) is 29.4 Å². The Labute approximate surface area is 94.0 Å². The molecule has 0 aliphatic heterocycles. The standard InChI is InChI=1S/C13H13NO2/c1-14(13(15)16)11-4-2-3-10-8-5-6-9(7-8)12(10)11/h2-6,8-9H,7H2,1H3,(H,15,16). The topological polar surface area (TPSA) is 40.5 Å². The van der Waals surface area contributed by atoms with Crippen LogP contribution in [0.3, 0.4) is 0 Å². The van der Waals surface area contributed by atoms with Gasteiger partial charge < -0.3 is 5.11 Å². The summed E-state index contributed by atoms with van der Waals surface area (Å²) in [6.07, 6.45) is 4.64. The number of hydrogen-bond acceptors (Lipinski definition) is 1. The van der Waals surface area contributed by atoms with Crippen molar-refractivity contribution < 1.29 is 9.90 Å². The Morgan fingerprint density at radius 1 is 1.38 bits per heavy atom. The highest BCUT2D eigenvalue weighted by molar-refractivity contribution is 5.87. The van der Waals surface area contributed by atoms with E-state index in [0.29, 0.717) is 11.8 Å².